The summed E-state index contributed by atoms with van der Waals surface area (Å²) in [5, 5.41) is 7.57. The molecule has 0 N–H and O–H groups in total. The van der Waals surface area contributed by atoms with Crippen LogP contribution < -0.4 is 14.7 Å². The minimum atomic E-state index is 0.747. The van der Waals surface area contributed by atoms with Crippen molar-refractivity contribution in [3.8, 4) is 55.6 Å². The summed E-state index contributed by atoms with van der Waals surface area (Å²) >= 11 is 6.59. The molecule has 6 heteroatoms. The molecule has 0 bridgehead atoms. The maximum Gasteiger partial charge on any atom is 0.137 e. The van der Waals surface area contributed by atoms with E-state index in [-0.39, 0.29) is 0 Å². The Kier molecular flexibility index (Phi) is 16.4. The van der Waals surface area contributed by atoms with E-state index in [0.717, 1.165) is 145 Å². The standard InChI is InChI=1S/C58H40N2O.C36H24ClNO/c1-4-15-41(16-5-1)43-27-33-50(34-28-43)60(51-37-31-42-17-10-11-20-46(42)39-51)54-38-32-47(40-53(54)45-18-6-2-7-19-45)44-29-35-49(36-30-44)59(48-21-8-3-9-22-48)55-24-14-26-57-58(55)52-23-12-13-25-56(52)61-57;37-32-23-20-27(24-31(32)26-10-3-1-4-11-26)25-18-21-29(22-19-25)38(28-12-5-2-6-13-28)33-15-9-17-35-36(33)30-14-7-8-16-34(30)39-35/h1-40H;1-24H. The molecule has 0 atom stereocenters. The highest BCUT2D eigenvalue weighted by atomic mass is 35.5. The van der Waals surface area contributed by atoms with E-state index in [4.69, 9.17) is 20.4 Å². The highest BCUT2D eigenvalue weighted by Crippen LogP contribution is 2.48. The Morgan fingerprint density at radius 2 is 0.540 bits per heavy atom. The maximum absolute atomic E-state index is 6.59. The van der Waals surface area contributed by atoms with Gasteiger partial charge in [0.15, 0.2) is 0 Å². The molecule has 0 aliphatic heterocycles. The van der Waals surface area contributed by atoms with Crippen LogP contribution in [0.3, 0.4) is 0 Å². The van der Waals surface area contributed by atoms with Crippen LogP contribution in [0, 0.1) is 0 Å². The molecule has 474 valence electrons. The molecule has 18 aromatic rings. The molecule has 5 nitrogen and oxygen atoms in total. The van der Waals surface area contributed by atoms with E-state index in [0.29, 0.717) is 0 Å². The van der Waals surface area contributed by atoms with Gasteiger partial charge in [0.25, 0.3) is 0 Å². The fourth-order valence-electron chi connectivity index (χ4n) is 14.0. The van der Waals surface area contributed by atoms with Crippen molar-refractivity contribution in [2.75, 3.05) is 14.7 Å². The van der Waals surface area contributed by atoms with Crippen LogP contribution in [0.2, 0.25) is 5.02 Å². The topological polar surface area (TPSA) is 36.0 Å². The number of furan rings is 2. The number of fused-ring (bicyclic) bond motifs is 7. The summed E-state index contributed by atoms with van der Waals surface area (Å²) in [4.78, 5) is 7.02. The Balaban J connectivity index is 0.000000165. The lowest BCUT2D eigenvalue weighted by atomic mass is 9.95. The Bertz CT molecular complexity index is 5900. The normalized spacial score (nSPS) is 11.2. The summed E-state index contributed by atoms with van der Waals surface area (Å²) in [6.07, 6.45) is 0. The van der Waals surface area contributed by atoms with Crippen molar-refractivity contribution in [2.45, 2.75) is 0 Å². The van der Waals surface area contributed by atoms with Gasteiger partial charge in [0.1, 0.15) is 22.3 Å². The van der Waals surface area contributed by atoms with E-state index in [1.54, 1.807) is 0 Å². The minimum absolute atomic E-state index is 0.747. The molecule has 0 radical (unpaired) electrons. The molecule has 0 saturated carbocycles. The van der Waals surface area contributed by atoms with Gasteiger partial charge in [0, 0.05) is 61.0 Å². The van der Waals surface area contributed by atoms with Crippen LogP contribution >= 0.6 is 11.6 Å². The molecule has 0 saturated heterocycles. The Morgan fingerprint density at radius 1 is 0.200 bits per heavy atom. The van der Waals surface area contributed by atoms with Gasteiger partial charge in [0.05, 0.1) is 27.8 Å². The van der Waals surface area contributed by atoms with Crippen molar-refractivity contribution in [3.05, 3.63) is 393 Å². The highest BCUT2D eigenvalue weighted by molar-refractivity contribution is 6.33. The lowest BCUT2D eigenvalue weighted by Crippen LogP contribution is -2.11. The first-order valence-electron chi connectivity index (χ1n) is 33.7. The van der Waals surface area contributed by atoms with Crippen LogP contribution in [0.4, 0.5) is 51.2 Å². The molecule has 0 unspecified atom stereocenters. The Morgan fingerprint density at radius 3 is 1.04 bits per heavy atom. The van der Waals surface area contributed by atoms with Crippen LogP contribution in [-0.4, -0.2) is 0 Å². The molecule has 2 aromatic heterocycles. The van der Waals surface area contributed by atoms with Crippen molar-refractivity contribution in [2.24, 2.45) is 0 Å². The minimum Gasteiger partial charge on any atom is -0.456 e. The monoisotopic (exact) mass is 1300 g/mol. The second-order valence-electron chi connectivity index (χ2n) is 24.9. The molecule has 0 aliphatic carbocycles. The molecule has 0 fully saturated rings. The zero-order valence-electron chi connectivity index (χ0n) is 54.5. The second kappa shape index (κ2) is 26.9. The fraction of sp³-hybridized carbons (Fsp3) is 0. The predicted molar refractivity (Wildman–Crippen MR) is 421 cm³/mol. The highest BCUT2D eigenvalue weighted by Gasteiger charge is 2.24. The lowest BCUT2D eigenvalue weighted by Gasteiger charge is -2.29. The molecular formula is C94H64ClN3O2. The van der Waals surface area contributed by atoms with Crippen LogP contribution in [0.15, 0.2) is 397 Å². The SMILES string of the molecule is Clc1ccc(-c2ccc(N(c3ccccc3)c3cccc4oc5ccccc5c34)cc2)cc1-c1ccccc1.c1ccc(-c2ccc(N(c3ccc4ccccc4c3)c3ccc(-c4ccc(N(c5ccccc5)c5cccc6oc7ccccc7c56)cc4)cc3-c3ccccc3)cc2)cc1. The zero-order valence-corrected chi connectivity index (χ0v) is 55.2. The van der Waals surface area contributed by atoms with Gasteiger partial charge < -0.3 is 23.5 Å². The summed E-state index contributed by atoms with van der Waals surface area (Å²) in [6, 6.07) is 137. The van der Waals surface area contributed by atoms with Gasteiger partial charge in [-0.3, -0.25) is 0 Å². The van der Waals surface area contributed by atoms with E-state index in [1.165, 1.54) is 21.9 Å². The average molecular weight is 1300 g/mol. The predicted octanol–water partition coefficient (Wildman–Crippen LogP) is 27.7. The van der Waals surface area contributed by atoms with Gasteiger partial charge in [-0.25, -0.2) is 0 Å². The summed E-state index contributed by atoms with van der Waals surface area (Å²) < 4.78 is 12.5. The molecule has 0 aliphatic rings. The van der Waals surface area contributed by atoms with E-state index in [2.05, 4.69) is 342 Å². The first-order chi connectivity index (χ1) is 49.5. The zero-order chi connectivity index (χ0) is 66.7. The smallest absolute Gasteiger partial charge is 0.137 e. The van der Waals surface area contributed by atoms with Crippen LogP contribution in [-0.2, 0) is 0 Å². The van der Waals surface area contributed by atoms with Crippen LogP contribution in [0.1, 0.15) is 0 Å². The quantitative estimate of drug-likeness (QED) is 0.108. The van der Waals surface area contributed by atoms with E-state index in [9.17, 15) is 0 Å². The first kappa shape index (κ1) is 60.7. The number of para-hydroxylation sites is 4. The average Bonchev–Trinajstić information content (AvgIpc) is 1.49. The number of nitrogens with zero attached hydrogens (tertiary/aromatic N) is 3. The van der Waals surface area contributed by atoms with Gasteiger partial charge >= 0.3 is 0 Å². The molecule has 100 heavy (non-hydrogen) atoms. The number of hydrogen-bond acceptors (Lipinski definition) is 5. The van der Waals surface area contributed by atoms with Crippen LogP contribution in [0.25, 0.3) is 110 Å². The third kappa shape index (κ3) is 11.9. The van der Waals surface area contributed by atoms with E-state index in [1.807, 2.05) is 60.7 Å². The van der Waals surface area contributed by atoms with Crippen LogP contribution in [0.5, 0.6) is 0 Å². The molecule has 0 amide bonds. The van der Waals surface area contributed by atoms with Crippen molar-refractivity contribution in [3.63, 3.8) is 0 Å². The third-order valence-electron chi connectivity index (χ3n) is 18.8. The summed E-state index contributed by atoms with van der Waals surface area (Å²) in [6.45, 7) is 0. The molecule has 2 heterocycles. The molecule has 0 spiro atoms. The van der Waals surface area contributed by atoms with E-state index < -0.39 is 0 Å². The van der Waals surface area contributed by atoms with E-state index >= 15 is 0 Å². The number of hydrogen-bond donors (Lipinski definition) is 0. The first-order valence-corrected chi connectivity index (χ1v) is 34.1. The number of anilines is 9. The molecule has 16 aromatic carbocycles. The third-order valence-corrected chi connectivity index (χ3v) is 19.1. The largest absolute Gasteiger partial charge is 0.456 e. The Hall–Kier alpha value is -12.9. The van der Waals surface area contributed by atoms with Gasteiger partial charge in [-0.15, -0.1) is 0 Å². The fourth-order valence-corrected chi connectivity index (χ4v) is 14.2. The summed E-state index contributed by atoms with van der Waals surface area (Å²) in [5.41, 5.74) is 24.6. The molecule has 18 rings (SSSR count). The van der Waals surface area contributed by atoms with Crippen molar-refractivity contribution in [1.82, 2.24) is 0 Å². The van der Waals surface area contributed by atoms with Gasteiger partial charge in [-0.1, -0.05) is 266 Å². The summed E-state index contributed by atoms with van der Waals surface area (Å²) in [5.74, 6) is 0. The Labute approximate surface area is 586 Å². The van der Waals surface area contributed by atoms with Gasteiger partial charge in [0.2, 0.25) is 0 Å². The van der Waals surface area contributed by atoms with Gasteiger partial charge in [-0.2, -0.15) is 0 Å². The van der Waals surface area contributed by atoms with Crippen molar-refractivity contribution < 1.29 is 8.83 Å². The second-order valence-corrected chi connectivity index (χ2v) is 25.3. The number of halogens is 1. The lowest BCUT2D eigenvalue weighted by molar-refractivity contribution is 0.668. The molecular weight excluding hydrogens is 1240 g/mol. The number of benzene rings is 16. The maximum atomic E-state index is 6.59. The van der Waals surface area contributed by atoms with Crippen molar-refractivity contribution >= 4 is 117 Å². The summed E-state index contributed by atoms with van der Waals surface area (Å²) in [7, 11) is 0. The van der Waals surface area contributed by atoms with Crippen molar-refractivity contribution in [1.29, 1.82) is 0 Å². The number of rotatable bonds is 14. The van der Waals surface area contributed by atoms with Gasteiger partial charge in [-0.05, 0) is 189 Å².